The molecule has 0 bridgehead atoms. The second-order valence-corrected chi connectivity index (χ2v) is 12.7. The maximum Gasteiger partial charge on any atom is 0.0260 e. The lowest BCUT2D eigenvalue weighted by atomic mass is 9.79. The minimum atomic E-state index is 0.739. The van der Waals surface area contributed by atoms with E-state index >= 15 is 0 Å². The number of halogens is 2. The van der Waals surface area contributed by atoms with Crippen molar-refractivity contribution < 1.29 is 0 Å². The molecule has 2 aliphatic carbocycles. The van der Waals surface area contributed by atoms with E-state index in [0.29, 0.717) is 0 Å². The Hall–Kier alpha value is -1.38. The van der Waals surface area contributed by atoms with Crippen LogP contribution in [-0.4, -0.2) is 0 Å². The van der Waals surface area contributed by atoms with E-state index in [1.54, 1.807) is 0 Å². The molecule has 5 rings (SSSR count). The van der Waals surface area contributed by atoms with Gasteiger partial charge in [0.1, 0.15) is 0 Å². The van der Waals surface area contributed by atoms with Crippen molar-refractivity contribution in [3.8, 4) is 22.3 Å². The summed E-state index contributed by atoms with van der Waals surface area (Å²) in [5.41, 5.74) is 8.05. The Labute approximate surface area is 222 Å². The van der Waals surface area contributed by atoms with E-state index in [1.807, 2.05) is 0 Å². The van der Waals surface area contributed by atoms with Crippen LogP contribution in [0.2, 0.25) is 0 Å². The fourth-order valence-corrected chi connectivity index (χ4v) is 7.19. The molecule has 2 fully saturated rings. The Morgan fingerprint density at radius 1 is 0.500 bits per heavy atom. The molecule has 0 radical (unpaired) electrons. The van der Waals surface area contributed by atoms with Crippen molar-refractivity contribution in [3.05, 3.63) is 80.7 Å². The van der Waals surface area contributed by atoms with E-state index in [9.17, 15) is 0 Å². The van der Waals surface area contributed by atoms with Gasteiger partial charge in [0.25, 0.3) is 0 Å². The van der Waals surface area contributed by atoms with Crippen molar-refractivity contribution in [2.45, 2.75) is 77.0 Å². The van der Waals surface area contributed by atoms with E-state index in [4.69, 9.17) is 0 Å². The molecule has 178 valence electrons. The van der Waals surface area contributed by atoms with Crippen molar-refractivity contribution in [1.82, 2.24) is 0 Å². The fourth-order valence-electron chi connectivity index (χ4n) is 6.05. The van der Waals surface area contributed by atoms with Gasteiger partial charge in [0, 0.05) is 8.95 Å². The monoisotopic (exact) mass is 578 g/mol. The minimum Gasteiger partial charge on any atom is -0.0625 e. The van der Waals surface area contributed by atoms with Crippen LogP contribution in [0.15, 0.2) is 69.6 Å². The van der Waals surface area contributed by atoms with Crippen LogP contribution in [0.3, 0.4) is 0 Å². The van der Waals surface area contributed by atoms with E-state index in [-0.39, 0.29) is 0 Å². The molecular weight excluding hydrogens is 544 g/mol. The van der Waals surface area contributed by atoms with Gasteiger partial charge in [-0.15, -0.1) is 0 Å². The SMILES string of the molecule is CC1CCC(c2ccc(-c3cc(Br)c(-c4ccc(C5CCC(C)CC5)cc4)cc3Br)cc2)CC1. The van der Waals surface area contributed by atoms with Crippen LogP contribution in [0, 0.1) is 11.8 Å². The lowest BCUT2D eigenvalue weighted by molar-refractivity contribution is 0.348. The predicted molar refractivity (Wildman–Crippen MR) is 153 cm³/mol. The Balaban J connectivity index is 1.33. The molecule has 0 unspecified atom stereocenters. The van der Waals surface area contributed by atoms with E-state index in [0.717, 1.165) is 32.6 Å². The lowest BCUT2D eigenvalue weighted by Crippen LogP contribution is -2.10. The number of hydrogen-bond acceptors (Lipinski definition) is 0. The second kappa shape index (κ2) is 10.7. The van der Waals surface area contributed by atoms with Crippen molar-refractivity contribution in [2.24, 2.45) is 11.8 Å². The Bertz CT molecular complexity index is 1010. The van der Waals surface area contributed by atoms with Gasteiger partial charge in [0.05, 0.1) is 0 Å². The third-order valence-electron chi connectivity index (χ3n) is 8.47. The molecule has 0 saturated heterocycles. The molecular formula is C32H36Br2. The van der Waals surface area contributed by atoms with Gasteiger partial charge < -0.3 is 0 Å². The van der Waals surface area contributed by atoms with Gasteiger partial charge in [-0.1, -0.05) is 120 Å². The largest absolute Gasteiger partial charge is 0.0625 e. The third kappa shape index (κ3) is 5.39. The van der Waals surface area contributed by atoms with Gasteiger partial charge in [-0.05, 0) is 94.9 Å². The fraction of sp³-hybridized carbons (Fsp3) is 0.438. The molecule has 0 spiro atoms. The van der Waals surface area contributed by atoms with Crippen molar-refractivity contribution in [1.29, 1.82) is 0 Å². The number of rotatable bonds is 4. The molecule has 2 saturated carbocycles. The predicted octanol–water partition coefficient (Wildman–Crippen LogP) is 11.1. The topological polar surface area (TPSA) is 0 Å². The molecule has 0 aliphatic heterocycles. The molecule has 2 aliphatic rings. The van der Waals surface area contributed by atoms with Crippen LogP contribution in [0.5, 0.6) is 0 Å². The smallest absolute Gasteiger partial charge is 0.0260 e. The van der Waals surface area contributed by atoms with Crippen LogP contribution in [0.1, 0.15) is 88.2 Å². The number of benzene rings is 3. The normalized spacial score (nSPS) is 25.3. The Morgan fingerprint density at radius 2 is 0.824 bits per heavy atom. The maximum absolute atomic E-state index is 3.88. The second-order valence-electron chi connectivity index (χ2n) is 11.0. The van der Waals surface area contributed by atoms with Gasteiger partial charge >= 0.3 is 0 Å². The first-order chi connectivity index (χ1) is 16.5. The van der Waals surface area contributed by atoms with Crippen LogP contribution in [-0.2, 0) is 0 Å². The van der Waals surface area contributed by atoms with E-state index in [2.05, 4.69) is 106 Å². The minimum absolute atomic E-state index is 0.739. The van der Waals surface area contributed by atoms with E-state index in [1.165, 1.54) is 84.7 Å². The van der Waals surface area contributed by atoms with Gasteiger partial charge in [0.2, 0.25) is 0 Å². The summed E-state index contributed by atoms with van der Waals surface area (Å²) >= 11 is 7.76. The third-order valence-corrected chi connectivity index (χ3v) is 9.79. The van der Waals surface area contributed by atoms with Gasteiger partial charge in [-0.25, -0.2) is 0 Å². The zero-order chi connectivity index (χ0) is 23.7. The zero-order valence-electron chi connectivity index (χ0n) is 20.5. The molecule has 3 aromatic rings. The van der Waals surface area contributed by atoms with Crippen molar-refractivity contribution in [2.75, 3.05) is 0 Å². The summed E-state index contributed by atoms with van der Waals surface area (Å²) in [6, 6.07) is 23.2. The molecule has 0 aromatic heterocycles. The lowest BCUT2D eigenvalue weighted by Gasteiger charge is -2.26. The quantitative estimate of drug-likeness (QED) is 0.288. The summed E-state index contributed by atoms with van der Waals surface area (Å²) in [5, 5.41) is 0. The molecule has 2 heteroatoms. The summed E-state index contributed by atoms with van der Waals surface area (Å²) in [7, 11) is 0. The van der Waals surface area contributed by atoms with Crippen molar-refractivity contribution >= 4 is 31.9 Å². The highest BCUT2D eigenvalue weighted by atomic mass is 79.9. The first-order valence-corrected chi connectivity index (χ1v) is 14.8. The van der Waals surface area contributed by atoms with Crippen LogP contribution in [0.4, 0.5) is 0 Å². The van der Waals surface area contributed by atoms with Crippen LogP contribution >= 0.6 is 31.9 Å². The summed E-state index contributed by atoms with van der Waals surface area (Å²) < 4.78 is 2.30. The maximum atomic E-state index is 3.88. The summed E-state index contributed by atoms with van der Waals surface area (Å²) in [4.78, 5) is 0. The average molecular weight is 580 g/mol. The zero-order valence-corrected chi connectivity index (χ0v) is 23.7. The molecule has 0 nitrogen and oxygen atoms in total. The van der Waals surface area contributed by atoms with Gasteiger partial charge in [0.15, 0.2) is 0 Å². The van der Waals surface area contributed by atoms with Crippen LogP contribution in [0.25, 0.3) is 22.3 Å². The van der Waals surface area contributed by atoms with Gasteiger partial charge in [-0.2, -0.15) is 0 Å². The molecule has 3 aromatic carbocycles. The Morgan fingerprint density at radius 3 is 1.15 bits per heavy atom. The first kappa shape index (κ1) is 24.3. The molecule has 0 heterocycles. The Kier molecular flexibility index (Phi) is 7.66. The molecule has 0 atom stereocenters. The molecule has 34 heavy (non-hydrogen) atoms. The van der Waals surface area contributed by atoms with Gasteiger partial charge in [-0.3, -0.25) is 0 Å². The summed E-state index contributed by atoms with van der Waals surface area (Å²) in [6.07, 6.45) is 10.8. The van der Waals surface area contributed by atoms with Crippen molar-refractivity contribution in [3.63, 3.8) is 0 Å². The molecule has 0 amide bonds. The highest BCUT2D eigenvalue weighted by Gasteiger charge is 2.21. The average Bonchev–Trinajstić information content (AvgIpc) is 2.86. The highest BCUT2D eigenvalue weighted by Crippen LogP contribution is 2.41. The summed E-state index contributed by atoms with van der Waals surface area (Å²) in [6.45, 7) is 4.79. The molecule has 0 N–H and O–H groups in total. The van der Waals surface area contributed by atoms with E-state index < -0.39 is 0 Å². The highest BCUT2D eigenvalue weighted by molar-refractivity contribution is 9.11. The summed E-state index contributed by atoms with van der Waals surface area (Å²) in [5.74, 6) is 3.27. The standard InChI is InChI=1S/C32H36Br2/c1-21-3-7-23(8-4-21)25-11-15-27(16-12-25)29-19-32(34)30(20-31(29)33)28-17-13-26(14-18-28)24-9-5-22(2)6-10-24/h11-24H,3-10H2,1-2H3. The van der Waals surface area contributed by atoms with Crippen LogP contribution < -0.4 is 0 Å². The number of hydrogen-bond donors (Lipinski definition) is 0. The first-order valence-electron chi connectivity index (χ1n) is 13.2.